The van der Waals surface area contributed by atoms with Gasteiger partial charge in [-0.25, -0.2) is 0 Å². The number of ether oxygens (including phenoxy) is 2. The summed E-state index contributed by atoms with van der Waals surface area (Å²) in [5.41, 5.74) is 5.17. The number of hydrogen-bond donors (Lipinski definition) is 2. The van der Waals surface area contributed by atoms with Crippen molar-refractivity contribution in [3.63, 3.8) is 0 Å². The van der Waals surface area contributed by atoms with E-state index in [9.17, 15) is 10.2 Å². The van der Waals surface area contributed by atoms with E-state index >= 15 is 0 Å². The first-order valence-electron chi connectivity index (χ1n) is 7.21. The molecule has 1 saturated heterocycles. The SMILES string of the molecule is O[C@H]1C=C2CCN3Cc4cc5c(cc4C(=C23)[C@@H]1O)OCO5. The average molecular weight is 285 g/mol. The van der Waals surface area contributed by atoms with Crippen molar-refractivity contribution in [1.82, 2.24) is 4.90 Å². The third-order valence-electron chi connectivity index (χ3n) is 4.77. The van der Waals surface area contributed by atoms with E-state index in [1.54, 1.807) is 6.08 Å². The Morgan fingerprint density at radius 3 is 2.81 bits per heavy atom. The fraction of sp³-hybridized carbons (Fsp3) is 0.375. The molecule has 21 heavy (non-hydrogen) atoms. The fourth-order valence-electron chi connectivity index (χ4n) is 3.82. The van der Waals surface area contributed by atoms with Gasteiger partial charge in [0.15, 0.2) is 11.5 Å². The quantitative estimate of drug-likeness (QED) is 0.745. The Morgan fingerprint density at radius 2 is 1.95 bits per heavy atom. The number of aliphatic hydroxyl groups excluding tert-OH is 2. The van der Waals surface area contributed by atoms with Crippen LogP contribution < -0.4 is 9.47 Å². The number of benzene rings is 1. The van der Waals surface area contributed by atoms with Crippen LogP contribution in [0, 0.1) is 0 Å². The molecule has 108 valence electrons. The van der Waals surface area contributed by atoms with E-state index in [0.717, 1.165) is 53.2 Å². The van der Waals surface area contributed by atoms with Gasteiger partial charge >= 0.3 is 0 Å². The summed E-state index contributed by atoms with van der Waals surface area (Å²) in [6.45, 7) is 1.98. The molecule has 0 bridgehead atoms. The van der Waals surface area contributed by atoms with Gasteiger partial charge < -0.3 is 24.6 Å². The maximum absolute atomic E-state index is 10.5. The lowest BCUT2D eigenvalue weighted by atomic mass is 9.83. The smallest absolute Gasteiger partial charge is 0.231 e. The van der Waals surface area contributed by atoms with E-state index in [0.29, 0.717) is 5.75 Å². The van der Waals surface area contributed by atoms with Crippen LogP contribution in [0.4, 0.5) is 0 Å². The lowest BCUT2D eigenvalue weighted by Crippen LogP contribution is -2.35. The standard InChI is InChI=1S/C16H15NO4/c18-11-3-8-1-2-17-6-9-4-12-13(21-7-20-12)5-10(9)14(15(8)17)16(11)19/h3-5,11,16,18-19H,1-2,6-7H2/t11-,16+/m0/s1. The molecule has 0 saturated carbocycles. The van der Waals surface area contributed by atoms with Crippen LogP contribution in [0.5, 0.6) is 11.5 Å². The monoisotopic (exact) mass is 285 g/mol. The fourth-order valence-corrected chi connectivity index (χ4v) is 3.82. The van der Waals surface area contributed by atoms with Gasteiger partial charge in [0.2, 0.25) is 6.79 Å². The first kappa shape index (κ1) is 11.7. The molecule has 4 aliphatic rings. The largest absolute Gasteiger partial charge is 0.454 e. The molecule has 1 aromatic carbocycles. The van der Waals surface area contributed by atoms with Crippen molar-refractivity contribution in [2.24, 2.45) is 0 Å². The summed E-state index contributed by atoms with van der Waals surface area (Å²) in [5.74, 6) is 1.48. The van der Waals surface area contributed by atoms with Crippen molar-refractivity contribution in [2.75, 3.05) is 13.3 Å². The van der Waals surface area contributed by atoms with Crippen LogP contribution in [0.3, 0.4) is 0 Å². The maximum atomic E-state index is 10.5. The van der Waals surface area contributed by atoms with E-state index in [4.69, 9.17) is 9.47 Å². The van der Waals surface area contributed by atoms with Gasteiger partial charge in [0, 0.05) is 24.4 Å². The lowest BCUT2D eigenvalue weighted by molar-refractivity contribution is 0.0831. The average Bonchev–Trinajstić information content (AvgIpc) is 3.08. The van der Waals surface area contributed by atoms with E-state index in [-0.39, 0.29) is 6.79 Å². The number of fused-ring (bicyclic) bond motifs is 3. The minimum Gasteiger partial charge on any atom is -0.454 e. The molecule has 3 heterocycles. The van der Waals surface area contributed by atoms with Crippen LogP contribution in [-0.2, 0) is 6.54 Å². The highest BCUT2D eigenvalue weighted by Crippen LogP contribution is 2.48. The van der Waals surface area contributed by atoms with Crippen molar-refractivity contribution in [3.05, 3.63) is 40.6 Å². The topological polar surface area (TPSA) is 62.2 Å². The molecule has 5 rings (SSSR count). The first-order chi connectivity index (χ1) is 10.2. The zero-order valence-electron chi connectivity index (χ0n) is 11.4. The molecule has 0 aromatic heterocycles. The Bertz CT molecular complexity index is 721. The Balaban J connectivity index is 1.77. The van der Waals surface area contributed by atoms with Crippen LogP contribution >= 0.6 is 0 Å². The molecular weight excluding hydrogens is 270 g/mol. The summed E-state index contributed by atoms with van der Waals surface area (Å²) >= 11 is 0. The molecule has 5 heteroatoms. The zero-order chi connectivity index (χ0) is 14.1. The van der Waals surface area contributed by atoms with Crippen LogP contribution in [0.2, 0.25) is 0 Å². The second kappa shape index (κ2) is 3.81. The van der Waals surface area contributed by atoms with Gasteiger partial charge in [-0.2, -0.15) is 0 Å². The van der Waals surface area contributed by atoms with Gasteiger partial charge in [-0.15, -0.1) is 0 Å². The molecular formula is C16H15NO4. The minimum atomic E-state index is -0.885. The lowest BCUT2D eigenvalue weighted by Gasteiger charge is -2.36. The van der Waals surface area contributed by atoms with Gasteiger partial charge in [-0.1, -0.05) is 0 Å². The first-order valence-corrected chi connectivity index (χ1v) is 7.21. The minimum absolute atomic E-state index is 0.240. The number of rotatable bonds is 0. The predicted molar refractivity (Wildman–Crippen MR) is 74.6 cm³/mol. The highest BCUT2D eigenvalue weighted by Gasteiger charge is 2.40. The van der Waals surface area contributed by atoms with Crippen LogP contribution in [0.15, 0.2) is 29.5 Å². The second-order valence-corrected chi connectivity index (χ2v) is 5.92. The molecule has 0 unspecified atom stereocenters. The molecule has 1 aromatic rings. The van der Waals surface area contributed by atoms with Crippen LogP contribution in [0.1, 0.15) is 17.5 Å². The number of nitrogens with zero attached hydrogens (tertiary/aromatic N) is 1. The van der Waals surface area contributed by atoms with Crippen LogP contribution in [-0.4, -0.2) is 40.7 Å². The van der Waals surface area contributed by atoms with Crippen molar-refractivity contribution in [2.45, 2.75) is 25.2 Å². The van der Waals surface area contributed by atoms with E-state index < -0.39 is 12.2 Å². The second-order valence-electron chi connectivity index (χ2n) is 5.92. The van der Waals surface area contributed by atoms with E-state index in [2.05, 4.69) is 4.90 Å². The molecule has 3 aliphatic heterocycles. The third kappa shape index (κ3) is 1.42. The van der Waals surface area contributed by atoms with Gasteiger partial charge in [0.1, 0.15) is 12.2 Å². The Kier molecular flexibility index (Phi) is 2.11. The Labute approximate surface area is 121 Å². The molecule has 1 aliphatic carbocycles. The maximum Gasteiger partial charge on any atom is 0.231 e. The molecule has 1 fully saturated rings. The van der Waals surface area contributed by atoms with Gasteiger partial charge in [-0.3, -0.25) is 0 Å². The van der Waals surface area contributed by atoms with Gasteiger partial charge in [0.25, 0.3) is 0 Å². The molecule has 0 spiro atoms. The Hall–Kier alpha value is -1.98. The van der Waals surface area contributed by atoms with Gasteiger partial charge in [0.05, 0.1) is 0 Å². The van der Waals surface area contributed by atoms with Crippen molar-refractivity contribution >= 4 is 5.57 Å². The summed E-state index contributed by atoms with van der Waals surface area (Å²) in [4.78, 5) is 2.28. The predicted octanol–water partition coefficient (Wildman–Crippen LogP) is 1.01. The summed E-state index contributed by atoms with van der Waals surface area (Å²) in [5, 5.41) is 20.6. The molecule has 0 amide bonds. The number of aliphatic hydroxyl groups is 2. The molecule has 2 atom stereocenters. The number of allylic oxidation sites excluding steroid dienone is 1. The highest BCUT2D eigenvalue weighted by molar-refractivity contribution is 5.82. The van der Waals surface area contributed by atoms with E-state index in [1.165, 1.54) is 0 Å². The molecule has 2 N–H and O–H groups in total. The summed E-state index contributed by atoms with van der Waals surface area (Å²) in [6, 6.07) is 3.94. The summed E-state index contributed by atoms with van der Waals surface area (Å²) < 4.78 is 10.9. The normalized spacial score (nSPS) is 28.5. The van der Waals surface area contributed by atoms with Crippen molar-refractivity contribution in [3.8, 4) is 11.5 Å². The van der Waals surface area contributed by atoms with Crippen molar-refractivity contribution in [1.29, 1.82) is 0 Å². The van der Waals surface area contributed by atoms with Crippen molar-refractivity contribution < 1.29 is 19.7 Å². The highest BCUT2D eigenvalue weighted by atomic mass is 16.7. The Morgan fingerprint density at radius 1 is 1.14 bits per heavy atom. The molecule has 5 nitrogen and oxygen atoms in total. The third-order valence-corrected chi connectivity index (χ3v) is 4.77. The summed E-state index contributed by atoms with van der Waals surface area (Å²) in [6.07, 6.45) is 0.990. The van der Waals surface area contributed by atoms with Crippen LogP contribution in [0.25, 0.3) is 5.57 Å². The zero-order valence-corrected chi connectivity index (χ0v) is 11.4. The van der Waals surface area contributed by atoms with Gasteiger partial charge in [-0.05, 0) is 41.3 Å². The summed E-state index contributed by atoms with van der Waals surface area (Å²) in [7, 11) is 0. The molecule has 0 radical (unpaired) electrons. The van der Waals surface area contributed by atoms with E-state index in [1.807, 2.05) is 12.1 Å². The number of hydrogen-bond acceptors (Lipinski definition) is 5.